The van der Waals surface area contributed by atoms with Crippen LogP contribution in [0.1, 0.15) is 29.5 Å². The van der Waals surface area contributed by atoms with Gasteiger partial charge in [0.1, 0.15) is 36.1 Å². The van der Waals surface area contributed by atoms with E-state index in [1.54, 1.807) is 30.3 Å². The van der Waals surface area contributed by atoms with E-state index in [4.69, 9.17) is 15.2 Å². The molecule has 276 valence electrons. The Bertz CT molecular complexity index is 1920. The van der Waals surface area contributed by atoms with Crippen molar-refractivity contribution in [1.29, 1.82) is 0 Å². The molecule has 4 aromatic carbocycles. The van der Waals surface area contributed by atoms with Crippen LogP contribution in [0.15, 0.2) is 120 Å². The Morgan fingerprint density at radius 3 is 1.87 bits per heavy atom. The number of nitrogens with two attached hydrogens (primary N) is 1. The summed E-state index contributed by atoms with van der Waals surface area (Å²) in [6.07, 6.45) is -0.203. The Morgan fingerprint density at radius 2 is 1.35 bits per heavy atom. The molecule has 6 N–H and O–H groups in total. The van der Waals surface area contributed by atoms with E-state index in [2.05, 4.69) is 15.4 Å². The minimum absolute atomic E-state index is 0.144. The molecule has 0 bridgehead atoms. The van der Waals surface area contributed by atoms with Gasteiger partial charge in [-0.3, -0.25) is 14.2 Å². The molecule has 1 aliphatic heterocycles. The number of carbonyl (C=O) groups excluding carboxylic acids is 2. The van der Waals surface area contributed by atoms with Crippen molar-refractivity contribution >= 4 is 29.2 Å². The maximum absolute atomic E-state index is 14.0. The lowest BCUT2D eigenvalue weighted by Crippen LogP contribution is -2.52. The van der Waals surface area contributed by atoms with Gasteiger partial charge in [-0.25, -0.2) is 8.42 Å². The molecular weight excluding hydrogens is 703 g/mol. The molecule has 1 aliphatic rings. The van der Waals surface area contributed by atoms with Crippen LogP contribution < -0.4 is 25.8 Å². The molecule has 0 radical (unpaired) electrons. The molecule has 14 heteroatoms. The molecule has 0 aliphatic carbocycles. The Morgan fingerprint density at radius 1 is 0.827 bits per heavy atom. The first-order valence-corrected chi connectivity index (χ1v) is 20.4. The Kier molecular flexibility index (Phi) is 13.4. The number of epoxide rings is 1. The molecule has 1 saturated heterocycles. The number of hydrogen-bond acceptors (Lipinski definition) is 8. The average molecular weight is 749 g/mol. The van der Waals surface area contributed by atoms with E-state index in [-0.39, 0.29) is 17.7 Å². The summed E-state index contributed by atoms with van der Waals surface area (Å²) in [7, 11) is -7.46. The van der Waals surface area contributed by atoms with E-state index in [9.17, 15) is 27.5 Å². The van der Waals surface area contributed by atoms with E-state index in [0.717, 1.165) is 11.1 Å². The zero-order chi connectivity index (χ0) is 37.1. The van der Waals surface area contributed by atoms with Crippen LogP contribution in [-0.2, 0) is 48.2 Å². The SMILES string of the molecule is COc1ccc(S(=O)(=O)NC(Cc2ccccc2)P(=O)(O)CC(=O)N[C@@H](CCc2ccccc2)C(=O)N[C@@H](CCc2ccccc2)C2OC2N)cc1. The lowest BCUT2D eigenvalue weighted by Gasteiger charge is -2.26. The maximum atomic E-state index is 14.0. The van der Waals surface area contributed by atoms with Crippen LogP contribution in [0.25, 0.3) is 0 Å². The van der Waals surface area contributed by atoms with Crippen molar-refractivity contribution in [2.45, 2.75) is 67.2 Å². The number of benzene rings is 4. The molecule has 4 aromatic rings. The largest absolute Gasteiger partial charge is 0.497 e. The first-order valence-electron chi connectivity index (χ1n) is 17.0. The number of methoxy groups -OCH3 is 1. The third kappa shape index (κ3) is 11.3. The molecule has 12 nitrogen and oxygen atoms in total. The monoisotopic (exact) mass is 748 g/mol. The van der Waals surface area contributed by atoms with Crippen molar-refractivity contribution in [3.63, 3.8) is 0 Å². The molecule has 0 aromatic heterocycles. The quantitative estimate of drug-likeness (QED) is 0.0703. The fraction of sp³-hybridized carbons (Fsp3) is 0.316. The van der Waals surface area contributed by atoms with Crippen molar-refractivity contribution < 1.29 is 36.9 Å². The highest BCUT2D eigenvalue weighted by molar-refractivity contribution is 7.90. The predicted octanol–water partition coefficient (Wildman–Crippen LogP) is 3.73. The molecule has 52 heavy (non-hydrogen) atoms. The number of rotatable bonds is 19. The van der Waals surface area contributed by atoms with Crippen molar-refractivity contribution in [2.75, 3.05) is 13.3 Å². The van der Waals surface area contributed by atoms with Gasteiger partial charge in [0, 0.05) is 0 Å². The first-order chi connectivity index (χ1) is 24.9. The van der Waals surface area contributed by atoms with Crippen LogP contribution in [0.5, 0.6) is 5.75 Å². The summed E-state index contributed by atoms with van der Waals surface area (Å²) in [6, 6.07) is 31.9. The Labute approximate surface area is 304 Å². The van der Waals surface area contributed by atoms with E-state index in [0.29, 0.717) is 30.6 Å². The normalized spacial score (nSPS) is 18.3. The predicted molar refractivity (Wildman–Crippen MR) is 198 cm³/mol. The highest BCUT2D eigenvalue weighted by Gasteiger charge is 2.43. The van der Waals surface area contributed by atoms with Gasteiger partial charge in [-0.2, -0.15) is 4.72 Å². The number of sulfonamides is 1. The first kappa shape index (κ1) is 38.9. The van der Waals surface area contributed by atoms with Crippen LogP contribution in [0.3, 0.4) is 0 Å². The van der Waals surface area contributed by atoms with E-state index >= 15 is 0 Å². The van der Waals surface area contributed by atoms with Crippen molar-refractivity contribution in [1.82, 2.24) is 15.4 Å². The third-order valence-corrected chi connectivity index (χ3v) is 12.6. The fourth-order valence-corrected chi connectivity index (χ4v) is 9.28. The topological polar surface area (TPSA) is 189 Å². The average Bonchev–Trinajstić information content (AvgIpc) is 3.88. The summed E-state index contributed by atoms with van der Waals surface area (Å²) >= 11 is 0. The number of amides is 2. The second-order valence-electron chi connectivity index (χ2n) is 12.8. The van der Waals surface area contributed by atoms with Crippen molar-refractivity contribution in [3.05, 3.63) is 132 Å². The smallest absolute Gasteiger partial charge is 0.242 e. The lowest BCUT2D eigenvalue weighted by molar-refractivity contribution is -0.128. The third-order valence-electron chi connectivity index (χ3n) is 8.88. The lowest BCUT2D eigenvalue weighted by atomic mass is 10.0. The maximum Gasteiger partial charge on any atom is 0.242 e. The van der Waals surface area contributed by atoms with Gasteiger partial charge < -0.3 is 30.7 Å². The summed E-state index contributed by atoms with van der Waals surface area (Å²) in [6.45, 7) is 0. The molecule has 2 amide bonds. The summed E-state index contributed by atoms with van der Waals surface area (Å²) in [5, 5.41) is 5.68. The number of ether oxygens (including phenoxy) is 2. The zero-order valence-electron chi connectivity index (χ0n) is 28.8. The molecule has 0 saturated carbocycles. The molecule has 0 spiro atoms. The summed E-state index contributed by atoms with van der Waals surface area (Å²) < 4.78 is 53.9. The van der Waals surface area contributed by atoms with Crippen LogP contribution >= 0.6 is 7.37 Å². The number of nitrogens with one attached hydrogen (secondary N) is 3. The number of carbonyl (C=O) groups is 2. The van der Waals surface area contributed by atoms with Crippen LogP contribution in [0.2, 0.25) is 0 Å². The Balaban J connectivity index is 1.32. The van der Waals surface area contributed by atoms with Crippen LogP contribution in [-0.4, -0.2) is 68.6 Å². The molecular formula is C38H45N4O8PS. The molecule has 1 heterocycles. The number of aryl methyl sites for hydroxylation is 2. The van der Waals surface area contributed by atoms with Gasteiger partial charge in [-0.15, -0.1) is 0 Å². The minimum Gasteiger partial charge on any atom is -0.497 e. The van der Waals surface area contributed by atoms with Gasteiger partial charge in [-0.1, -0.05) is 91.0 Å². The van der Waals surface area contributed by atoms with Gasteiger partial charge >= 0.3 is 0 Å². The fourth-order valence-electron chi connectivity index (χ4n) is 5.92. The summed E-state index contributed by atoms with van der Waals surface area (Å²) in [5.41, 5.74) is 8.60. The Hall–Kier alpha value is -4.36. The summed E-state index contributed by atoms with van der Waals surface area (Å²) in [4.78, 5) is 38.7. The van der Waals surface area contributed by atoms with E-state index < -0.39 is 65.6 Å². The molecule has 5 rings (SSSR count). The van der Waals surface area contributed by atoms with E-state index in [1.165, 1.54) is 31.4 Å². The highest BCUT2D eigenvalue weighted by atomic mass is 32.2. The van der Waals surface area contributed by atoms with Crippen LogP contribution in [0, 0.1) is 0 Å². The second kappa shape index (κ2) is 17.9. The minimum atomic E-state index is -4.60. The van der Waals surface area contributed by atoms with Gasteiger partial charge in [0.25, 0.3) is 0 Å². The van der Waals surface area contributed by atoms with Gasteiger partial charge in [-0.05, 0) is 73.1 Å². The van der Waals surface area contributed by atoms with Crippen molar-refractivity contribution in [3.8, 4) is 5.75 Å². The van der Waals surface area contributed by atoms with Gasteiger partial charge in [0.2, 0.25) is 29.2 Å². The van der Waals surface area contributed by atoms with Gasteiger partial charge in [0.15, 0.2) is 0 Å². The molecule has 4 unspecified atom stereocenters. The molecule has 6 atom stereocenters. The van der Waals surface area contributed by atoms with Gasteiger partial charge in [0.05, 0.1) is 18.0 Å². The summed E-state index contributed by atoms with van der Waals surface area (Å²) in [5.74, 6) is -2.48. The van der Waals surface area contributed by atoms with Crippen molar-refractivity contribution in [2.24, 2.45) is 5.73 Å². The van der Waals surface area contributed by atoms with Crippen LogP contribution in [0.4, 0.5) is 0 Å². The second-order valence-corrected chi connectivity index (χ2v) is 16.9. The standard InChI is InChI=1S/C38H45N4O8PS/c1-49-30-19-21-31(22-20-30)52(47,48)42-35(25-29-15-9-4-10-16-29)51(45,46)26-34(43)40-33(24-18-28-13-7-3-8-14-28)38(44)41-32(36-37(39)50-36)23-17-27-11-5-2-6-12-27/h2-16,19-22,32-33,35-37,42H,17-18,23-26,39H2,1H3,(H,40,43)(H,41,44)(H,45,46)/t32-,33-,35?,36?,37?/m0/s1. The van der Waals surface area contributed by atoms with E-state index in [1.807, 2.05) is 60.7 Å². The number of hydrogen-bond donors (Lipinski definition) is 5. The molecule has 1 fully saturated rings. The zero-order valence-corrected chi connectivity index (χ0v) is 30.5. The highest BCUT2D eigenvalue weighted by Crippen LogP contribution is 2.46.